The number of carbonyl (C=O) groups is 2. The molecule has 1 rings (SSSR count). The van der Waals surface area contributed by atoms with Gasteiger partial charge in [0.2, 0.25) is 0 Å². The highest BCUT2D eigenvalue weighted by Gasteiger charge is 2.08. The Labute approximate surface area is 95.4 Å². The predicted molar refractivity (Wildman–Crippen MR) is 61.3 cm³/mol. The number of hydrogen-bond acceptors (Lipinski definition) is 3. The predicted octanol–water partition coefficient (Wildman–Crippen LogP) is 2.38. The van der Waals surface area contributed by atoms with Crippen LogP contribution in [-0.2, 0) is 16.0 Å². The van der Waals surface area contributed by atoms with Crippen molar-refractivity contribution in [3.8, 4) is 5.75 Å². The van der Waals surface area contributed by atoms with Crippen molar-refractivity contribution in [3.05, 3.63) is 29.8 Å². The van der Waals surface area contributed by atoms with Gasteiger partial charge in [0, 0.05) is 19.3 Å². The molecule has 1 aromatic carbocycles. The minimum absolute atomic E-state index is 0.0492. The molecule has 0 radical (unpaired) electrons. The fourth-order valence-corrected chi connectivity index (χ4v) is 1.25. The average molecular weight is 220 g/mol. The SMILES string of the molecule is CC(=O)Oc1ccc(CC(=O)C(C)C)cc1. The second-order valence-corrected chi connectivity index (χ2v) is 4.04. The number of ether oxygens (including phenoxy) is 1. The van der Waals surface area contributed by atoms with Gasteiger partial charge in [-0.25, -0.2) is 0 Å². The van der Waals surface area contributed by atoms with E-state index in [9.17, 15) is 9.59 Å². The molecule has 0 N–H and O–H groups in total. The molecule has 3 nitrogen and oxygen atoms in total. The number of Topliss-reactive ketones (excluding diaryl/α,β-unsaturated/α-hetero) is 1. The third-order valence-electron chi connectivity index (χ3n) is 2.21. The van der Waals surface area contributed by atoms with Crippen molar-refractivity contribution < 1.29 is 14.3 Å². The van der Waals surface area contributed by atoms with Crippen molar-refractivity contribution in [1.82, 2.24) is 0 Å². The van der Waals surface area contributed by atoms with Crippen LogP contribution in [0.5, 0.6) is 5.75 Å². The first kappa shape index (κ1) is 12.4. The first-order valence-corrected chi connectivity index (χ1v) is 5.29. The number of ketones is 1. The second kappa shape index (κ2) is 5.45. The summed E-state index contributed by atoms with van der Waals surface area (Å²) in [6.07, 6.45) is 0.429. The van der Waals surface area contributed by atoms with Gasteiger partial charge in [0.05, 0.1) is 0 Å². The van der Waals surface area contributed by atoms with Crippen LogP contribution in [0.25, 0.3) is 0 Å². The Morgan fingerprint density at radius 2 is 1.75 bits per heavy atom. The van der Waals surface area contributed by atoms with Gasteiger partial charge >= 0.3 is 5.97 Å². The Balaban J connectivity index is 2.64. The summed E-state index contributed by atoms with van der Waals surface area (Å²) in [6.45, 7) is 5.13. The summed E-state index contributed by atoms with van der Waals surface area (Å²) >= 11 is 0. The van der Waals surface area contributed by atoms with Gasteiger partial charge < -0.3 is 4.74 Å². The molecule has 1 aromatic rings. The van der Waals surface area contributed by atoms with Gasteiger partial charge in [-0.1, -0.05) is 26.0 Å². The van der Waals surface area contributed by atoms with E-state index in [0.717, 1.165) is 5.56 Å². The van der Waals surface area contributed by atoms with Crippen LogP contribution in [0.2, 0.25) is 0 Å². The summed E-state index contributed by atoms with van der Waals surface area (Å²) in [5.74, 6) is 0.424. The minimum Gasteiger partial charge on any atom is -0.427 e. The number of benzene rings is 1. The van der Waals surface area contributed by atoms with Gasteiger partial charge in [-0.05, 0) is 17.7 Å². The van der Waals surface area contributed by atoms with Gasteiger partial charge in [-0.15, -0.1) is 0 Å². The first-order valence-electron chi connectivity index (χ1n) is 5.29. The lowest BCUT2D eigenvalue weighted by Crippen LogP contribution is -2.10. The summed E-state index contributed by atoms with van der Waals surface area (Å²) in [5, 5.41) is 0. The number of hydrogen-bond donors (Lipinski definition) is 0. The van der Waals surface area contributed by atoms with Crippen molar-refractivity contribution in [2.45, 2.75) is 27.2 Å². The topological polar surface area (TPSA) is 43.4 Å². The molecule has 0 fully saturated rings. The molecule has 0 aliphatic heterocycles. The average Bonchev–Trinajstić information content (AvgIpc) is 2.20. The lowest BCUT2D eigenvalue weighted by atomic mass is 10.0. The van der Waals surface area contributed by atoms with Crippen LogP contribution in [-0.4, -0.2) is 11.8 Å². The molecule has 0 saturated heterocycles. The number of carbonyl (C=O) groups excluding carboxylic acids is 2. The Kier molecular flexibility index (Phi) is 4.23. The lowest BCUT2D eigenvalue weighted by molar-refractivity contribution is -0.131. The highest BCUT2D eigenvalue weighted by atomic mass is 16.5. The Hall–Kier alpha value is -1.64. The monoisotopic (exact) mass is 220 g/mol. The maximum absolute atomic E-state index is 11.5. The molecule has 0 saturated carbocycles. The van der Waals surface area contributed by atoms with E-state index in [1.54, 1.807) is 24.3 Å². The molecule has 0 aliphatic carbocycles. The molecule has 0 bridgehead atoms. The molecule has 0 heterocycles. The van der Waals surface area contributed by atoms with Crippen molar-refractivity contribution >= 4 is 11.8 Å². The van der Waals surface area contributed by atoms with E-state index in [0.29, 0.717) is 12.2 Å². The van der Waals surface area contributed by atoms with Crippen LogP contribution < -0.4 is 4.74 Å². The zero-order chi connectivity index (χ0) is 12.1. The molecule has 0 unspecified atom stereocenters. The Morgan fingerprint density at radius 1 is 1.19 bits per heavy atom. The second-order valence-electron chi connectivity index (χ2n) is 4.04. The van der Waals surface area contributed by atoms with Gasteiger partial charge in [-0.2, -0.15) is 0 Å². The fraction of sp³-hybridized carbons (Fsp3) is 0.385. The summed E-state index contributed by atoms with van der Waals surface area (Å²) in [4.78, 5) is 22.2. The van der Waals surface area contributed by atoms with Crippen molar-refractivity contribution in [2.75, 3.05) is 0 Å². The zero-order valence-electron chi connectivity index (χ0n) is 9.82. The molecule has 16 heavy (non-hydrogen) atoms. The highest BCUT2D eigenvalue weighted by molar-refractivity contribution is 5.82. The van der Waals surface area contributed by atoms with E-state index >= 15 is 0 Å². The molecule has 0 aliphatic rings. The van der Waals surface area contributed by atoms with E-state index in [-0.39, 0.29) is 17.7 Å². The van der Waals surface area contributed by atoms with Crippen molar-refractivity contribution in [1.29, 1.82) is 0 Å². The van der Waals surface area contributed by atoms with Gasteiger partial charge in [0.25, 0.3) is 0 Å². The van der Waals surface area contributed by atoms with Crippen LogP contribution >= 0.6 is 0 Å². The molecule has 86 valence electrons. The lowest BCUT2D eigenvalue weighted by Gasteiger charge is -2.05. The Morgan fingerprint density at radius 3 is 2.19 bits per heavy atom. The van der Waals surface area contributed by atoms with E-state index in [1.165, 1.54) is 6.92 Å². The Bertz CT molecular complexity index is 377. The van der Waals surface area contributed by atoms with Crippen molar-refractivity contribution in [2.24, 2.45) is 5.92 Å². The number of esters is 1. The first-order chi connectivity index (χ1) is 7.49. The van der Waals surface area contributed by atoms with Crippen LogP contribution in [0.3, 0.4) is 0 Å². The molecule has 0 amide bonds. The van der Waals surface area contributed by atoms with Crippen LogP contribution in [0.15, 0.2) is 24.3 Å². The maximum atomic E-state index is 11.5. The summed E-state index contributed by atoms with van der Waals surface area (Å²) in [6, 6.07) is 7.01. The molecule has 0 atom stereocenters. The van der Waals surface area contributed by atoms with Crippen LogP contribution in [0.4, 0.5) is 0 Å². The van der Waals surface area contributed by atoms with Gasteiger partial charge in [0.1, 0.15) is 11.5 Å². The van der Waals surface area contributed by atoms with E-state index in [4.69, 9.17) is 4.74 Å². The third kappa shape index (κ3) is 3.85. The standard InChI is InChI=1S/C13H16O3/c1-9(2)13(15)8-11-4-6-12(7-5-11)16-10(3)14/h4-7,9H,8H2,1-3H3. The highest BCUT2D eigenvalue weighted by Crippen LogP contribution is 2.14. The van der Waals surface area contributed by atoms with E-state index in [1.807, 2.05) is 13.8 Å². The molecular weight excluding hydrogens is 204 g/mol. The quantitative estimate of drug-likeness (QED) is 0.578. The number of rotatable bonds is 4. The molecule has 0 spiro atoms. The van der Waals surface area contributed by atoms with Crippen LogP contribution in [0, 0.1) is 5.92 Å². The zero-order valence-corrected chi connectivity index (χ0v) is 9.82. The summed E-state index contributed by atoms with van der Waals surface area (Å²) < 4.78 is 4.90. The third-order valence-corrected chi connectivity index (χ3v) is 2.21. The normalized spacial score (nSPS) is 10.2. The van der Waals surface area contributed by atoms with E-state index in [2.05, 4.69) is 0 Å². The fourth-order valence-electron chi connectivity index (χ4n) is 1.25. The minimum atomic E-state index is -0.342. The summed E-state index contributed by atoms with van der Waals surface area (Å²) in [5.41, 5.74) is 0.939. The molecule has 3 heteroatoms. The summed E-state index contributed by atoms with van der Waals surface area (Å²) in [7, 11) is 0. The molecule has 0 aromatic heterocycles. The maximum Gasteiger partial charge on any atom is 0.308 e. The smallest absolute Gasteiger partial charge is 0.308 e. The largest absolute Gasteiger partial charge is 0.427 e. The van der Waals surface area contributed by atoms with Crippen LogP contribution in [0.1, 0.15) is 26.3 Å². The molecular formula is C13H16O3. The van der Waals surface area contributed by atoms with Gasteiger partial charge in [-0.3, -0.25) is 9.59 Å². The van der Waals surface area contributed by atoms with E-state index < -0.39 is 0 Å². The van der Waals surface area contributed by atoms with Crippen molar-refractivity contribution in [3.63, 3.8) is 0 Å². The van der Waals surface area contributed by atoms with Gasteiger partial charge in [0.15, 0.2) is 0 Å².